The zero-order valence-electron chi connectivity index (χ0n) is 18.4. The topological polar surface area (TPSA) is 62.5 Å². The van der Waals surface area contributed by atoms with Crippen LogP contribution in [0.15, 0.2) is 65.2 Å². The van der Waals surface area contributed by atoms with Crippen LogP contribution in [-0.4, -0.2) is 53.0 Å². The number of rotatable bonds is 7. The van der Waals surface area contributed by atoms with Gasteiger partial charge in [-0.2, -0.15) is 0 Å². The molecule has 32 heavy (non-hydrogen) atoms. The molecule has 0 bridgehead atoms. The third kappa shape index (κ3) is 4.53. The van der Waals surface area contributed by atoms with Crippen LogP contribution in [0, 0.1) is 12.7 Å². The second-order valence-corrected chi connectivity index (χ2v) is 7.99. The van der Waals surface area contributed by atoms with E-state index in [1.54, 1.807) is 36.1 Å². The summed E-state index contributed by atoms with van der Waals surface area (Å²) in [7, 11) is 3.88. The lowest BCUT2D eigenvalue weighted by molar-refractivity contribution is 0.0732. The maximum absolute atomic E-state index is 14.4. The van der Waals surface area contributed by atoms with Crippen LogP contribution in [0.3, 0.4) is 0 Å². The number of pyridine rings is 1. The van der Waals surface area contributed by atoms with Gasteiger partial charge in [-0.1, -0.05) is 53.7 Å². The SMILES string of the molecule is Cc1noc2nc(-c3ccccc3)cc(C(=O)N(CCN(C)C)Cc3ccccc3F)c12. The molecule has 4 aromatic rings. The minimum absolute atomic E-state index is 0.161. The van der Waals surface area contributed by atoms with Gasteiger partial charge in [0.25, 0.3) is 11.6 Å². The Morgan fingerprint density at radius 2 is 1.75 bits per heavy atom. The van der Waals surface area contributed by atoms with Gasteiger partial charge in [-0.25, -0.2) is 9.37 Å². The van der Waals surface area contributed by atoms with Gasteiger partial charge in [-0.3, -0.25) is 4.79 Å². The second kappa shape index (κ2) is 9.28. The lowest BCUT2D eigenvalue weighted by Crippen LogP contribution is -2.36. The fourth-order valence-corrected chi connectivity index (χ4v) is 3.60. The van der Waals surface area contributed by atoms with E-state index in [4.69, 9.17) is 4.52 Å². The summed E-state index contributed by atoms with van der Waals surface area (Å²) in [5.74, 6) is -0.549. The Kier molecular flexibility index (Phi) is 6.28. The molecule has 0 aliphatic rings. The highest BCUT2D eigenvalue weighted by molar-refractivity contribution is 6.07. The van der Waals surface area contributed by atoms with Crippen molar-refractivity contribution in [3.63, 3.8) is 0 Å². The highest BCUT2D eigenvalue weighted by Gasteiger charge is 2.24. The molecule has 0 atom stereocenters. The third-order valence-electron chi connectivity index (χ3n) is 5.34. The van der Waals surface area contributed by atoms with Crippen LogP contribution in [0.4, 0.5) is 4.39 Å². The molecule has 0 saturated heterocycles. The summed E-state index contributed by atoms with van der Waals surface area (Å²) in [5, 5.41) is 4.61. The molecule has 2 aromatic carbocycles. The van der Waals surface area contributed by atoms with Crippen molar-refractivity contribution in [3.8, 4) is 11.3 Å². The molecule has 2 aromatic heterocycles. The molecule has 1 amide bonds. The van der Waals surface area contributed by atoms with Crippen LogP contribution in [0.1, 0.15) is 21.6 Å². The predicted octanol–water partition coefficient (Wildman–Crippen LogP) is 4.54. The molecule has 0 unspecified atom stereocenters. The van der Waals surface area contributed by atoms with Crippen molar-refractivity contribution >= 4 is 17.0 Å². The largest absolute Gasteiger partial charge is 0.335 e. The Balaban J connectivity index is 1.79. The first-order valence-electron chi connectivity index (χ1n) is 10.4. The quantitative estimate of drug-likeness (QED) is 0.429. The molecule has 0 aliphatic carbocycles. The molecule has 2 heterocycles. The summed E-state index contributed by atoms with van der Waals surface area (Å²) in [4.78, 5) is 22.0. The third-order valence-corrected chi connectivity index (χ3v) is 5.34. The monoisotopic (exact) mass is 432 g/mol. The van der Waals surface area contributed by atoms with Crippen molar-refractivity contribution in [3.05, 3.63) is 83.3 Å². The van der Waals surface area contributed by atoms with E-state index < -0.39 is 0 Å². The fourth-order valence-electron chi connectivity index (χ4n) is 3.60. The molecule has 6 nitrogen and oxygen atoms in total. The number of carbonyl (C=O) groups is 1. The molecule has 0 radical (unpaired) electrons. The number of likely N-dealkylation sites (N-methyl/N-ethyl adjacent to an activating group) is 1. The van der Waals surface area contributed by atoms with E-state index in [-0.39, 0.29) is 18.3 Å². The number of aryl methyl sites for hydroxylation is 1. The first kappa shape index (κ1) is 21.6. The van der Waals surface area contributed by atoms with E-state index in [1.165, 1.54) is 6.07 Å². The van der Waals surface area contributed by atoms with Crippen molar-refractivity contribution in [2.45, 2.75) is 13.5 Å². The fraction of sp³-hybridized carbons (Fsp3) is 0.240. The minimum atomic E-state index is -0.332. The smallest absolute Gasteiger partial charge is 0.259 e. The van der Waals surface area contributed by atoms with E-state index in [2.05, 4.69) is 10.1 Å². The lowest BCUT2D eigenvalue weighted by Gasteiger charge is -2.25. The van der Waals surface area contributed by atoms with Crippen LogP contribution in [0.25, 0.3) is 22.4 Å². The molecule has 0 N–H and O–H groups in total. The van der Waals surface area contributed by atoms with E-state index >= 15 is 0 Å². The van der Waals surface area contributed by atoms with Crippen molar-refractivity contribution in [1.29, 1.82) is 0 Å². The predicted molar refractivity (Wildman–Crippen MR) is 122 cm³/mol. The van der Waals surface area contributed by atoms with Gasteiger partial charge in [-0.15, -0.1) is 0 Å². The molecule has 4 rings (SSSR count). The number of aromatic nitrogens is 2. The average Bonchev–Trinajstić information content (AvgIpc) is 3.18. The van der Waals surface area contributed by atoms with Gasteiger partial charge in [0.15, 0.2) is 0 Å². The molecule has 0 aliphatic heterocycles. The van der Waals surface area contributed by atoms with Gasteiger partial charge in [0.1, 0.15) is 5.82 Å². The highest BCUT2D eigenvalue weighted by Crippen LogP contribution is 2.28. The summed E-state index contributed by atoms with van der Waals surface area (Å²) in [6.45, 7) is 3.03. The number of carbonyl (C=O) groups excluding carboxylic acids is 1. The number of hydrogen-bond acceptors (Lipinski definition) is 5. The Labute approximate surface area is 186 Å². The van der Waals surface area contributed by atoms with Gasteiger partial charge >= 0.3 is 0 Å². The minimum Gasteiger partial charge on any atom is -0.335 e. The first-order valence-corrected chi connectivity index (χ1v) is 10.4. The van der Waals surface area contributed by atoms with E-state index in [0.29, 0.717) is 46.7 Å². The standard InChI is InChI=1S/C25H25FN4O2/c1-17-23-20(15-22(27-24(23)32-28-17)18-9-5-4-6-10-18)25(31)30(14-13-29(2)3)16-19-11-7-8-12-21(19)26/h4-12,15H,13-14,16H2,1-3H3. The molecule has 0 spiro atoms. The van der Waals surface area contributed by atoms with Gasteiger partial charge in [0.2, 0.25) is 0 Å². The maximum Gasteiger partial charge on any atom is 0.259 e. The summed E-state index contributed by atoms with van der Waals surface area (Å²) in [6.07, 6.45) is 0. The van der Waals surface area contributed by atoms with Crippen LogP contribution in [0.5, 0.6) is 0 Å². The van der Waals surface area contributed by atoms with Gasteiger partial charge in [0, 0.05) is 30.8 Å². The van der Waals surface area contributed by atoms with Gasteiger partial charge < -0.3 is 14.3 Å². The average molecular weight is 432 g/mol. The molecule has 0 fully saturated rings. The second-order valence-electron chi connectivity index (χ2n) is 7.99. The maximum atomic E-state index is 14.4. The van der Waals surface area contributed by atoms with Crippen molar-refractivity contribution in [2.75, 3.05) is 27.2 Å². The number of nitrogens with zero attached hydrogens (tertiary/aromatic N) is 4. The van der Waals surface area contributed by atoms with E-state index in [9.17, 15) is 9.18 Å². The molecular formula is C25H25FN4O2. The summed E-state index contributed by atoms with van der Waals surface area (Å²) in [5.41, 5.74) is 3.31. The zero-order valence-corrected chi connectivity index (χ0v) is 18.4. The number of amides is 1. The Bertz CT molecular complexity index is 1240. The molecule has 164 valence electrons. The number of halogens is 1. The summed E-state index contributed by atoms with van der Waals surface area (Å²) in [6, 6.07) is 17.9. The molecular weight excluding hydrogens is 407 g/mol. The summed E-state index contributed by atoms with van der Waals surface area (Å²) >= 11 is 0. The van der Waals surface area contributed by atoms with E-state index in [1.807, 2.05) is 49.3 Å². The molecule has 7 heteroatoms. The zero-order chi connectivity index (χ0) is 22.7. The molecule has 0 saturated carbocycles. The van der Waals surface area contributed by atoms with Crippen molar-refractivity contribution in [1.82, 2.24) is 19.9 Å². The van der Waals surface area contributed by atoms with Crippen molar-refractivity contribution in [2.24, 2.45) is 0 Å². The van der Waals surface area contributed by atoms with Crippen LogP contribution < -0.4 is 0 Å². The Morgan fingerprint density at radius 1 is 1.03 bits per heavy atom. The highest BCUT2D eigenvalue weighted by atomic mass is 19.1. The number of benzene rings is 2. The van der Waals surface area contributed by atoms with Crippen LogP contribution in [-0.2, 0) is 6.54 Å². The lowest BCUT2D eigenvalue weighted by atomic mass is 10.0. The Morgan fingerprint density at radius 3 is 2.47 bits per heavy atom. The van der Waals surface area contributed by atoms with Crippen LogP contribution >= 0.6 is 0 Å². The first-order chi connectivity index (χ1) is 15.4. The number of fused-ring (bicyclic) bond motifs is 1. The van der Waals surface area contributed by atoms with Gasteiger partial charge in [-0.05, 0) is 33.2 Å². The van der Waals surface area contributed by atoms with E-state index in [0.717, 1.165) is 5.56 Å². The normalized spacial score (nSPS) is 11.3. The summed E-state index contributed by atoms with van der Waals surface area (Å²) < 4.78 is 19.8. The Hall–Kier alpha value is -3.58. The van der Waals surface area contributed by atoms with Crippen LogP contribution in [0.2, 0.25) is 0 Å². The van der Waals surface area contributed by atoms with Crippen molar-refractivity contribution < 1.29 is 13.7 Å². The van der Waals surface area contributed by atoms with Gasteiger partial charge in [0.05, 0.1) is 22.3 Å². The number of hydrogen-bond donors (Lipinski definition) is 0.